The van der Waals surface area contributed by atoms with Crippen LogP contribution in [0.25, 0.3) is 11.3 Å². The van der Waals surface area contributed by atoms with E-state index in [0.29, 0.717) is 12.3 Å². The van der Waals surface area contributed by atoms with Gasteiger partial charge in [0.05, 0.1) is 5.69 Å². The number of carbonyl (C=O) groups excluding carboxylic acids is 1. The summed E-state index contributed by atoms with van der Waals surface area (Å²) in [6.45, 7) is 0.804. The number of aromatic amines is 1. The zero-order valence-corrected chi connectivity index (χ0v) is 12.5. The topological polar surface area (TPSA) is 61.9 Å². The molecule has 114 valence electrons. The predicted octanol–water partition coefficient (Wildman–Crippen LogP) is 3.01. The summed E-state index contributed by atoms with van der Waals surface area (Å²) in [5, 5.41) is 7.34. The summed E-state index contributed by atoms with van der Waals surface area (Å²) in [6.07, 6.45) is 9.27. The lowest BCUT2D eigenvalue weighted by molar-refractivity contribution is -0.121. The van der Waals surface area contributed by atoms with Gasteiger partial charge in [-0.2, -0.15) is 5.10 Å². The molecule has 1 aliphatic carbocycles. The molecule has 2 fully saturated rings. The first kappa shape index (κ1) is 13.5. The molecule has 5 heteroatoms. The number of rotatable bonds is 3. The molecule has 1 unspecified atom stereocenters. The van der Waals surface area contributed by atoms with Crippen molar-refractivity contribution in [3.63, 3.8) is 0 Å². The van der Waals surface area contributed by atoms with Gasteiger partial charge in [0.25, 0.3) is 0 Å². The van der Waals surface area contributed by atoms with Crippen LogP contribution < -0.4 is 4.90 Å². The quantitative estimate of drug-likeness (QED) is 0.947. The molecule has 1 atom stereocenters. The van der Waals surface area contributed by atoms with Crippen LogP contribution in [0.5, 0.6) is 0 Å². The highest BCUT2D eigenvalue weighted by molar-refractivity contribution is 5.93. The molecule has 2 aromatic heterocycles. The van der Waals surface area contributed by atoms with Crippen molar-refractivity contribution in [2.75, 3.05) is 11.4 Å². The molecule has 2 aliphatic rings. The fourth-order valence-corrected chi connectivity index (χ4v) is 3.54. The SMILES string of the molecule is O=C1CC(C2CCC2)CCN1c1cc(-c2ccncc2)n[nH]1. The minimum Gasteiger partial charge on any atom is -0.297 e. The van der Waals surface area contributed by atoms with E-state index in [1.165, 1.54) is 19.3 Å². The Balaban J connectivity index is 1.48. The van der Waals surface area contributed by atoms with Crippen molar-refractivity contribution < 1.29 is 4.79 Å². The Kier molecular flexibility index (Phi) is 3.41. The molecular weight excluding hydrogens is 276 g/mol. The van der Waals surface area contributed by atoms with E-state index in [1.807, 2.05) is 23.1 Å². The van der Waals surface area contributed by atoms with E-state index in [9.17, 15) is 4.79 Å². The monoisotopic (exact) mass is 296 g/mol. The number of H-pyrrole nitrogens is 1. The third kappa shape index (κ3) is 2.40. The maximum absolute atomic E-state index is 12.5. The smallest absolute Gasteiger partial charge is 0.228 e. The number of aromatic nitrogens is 3. The number of nitrogens with one attached hydrogen (secondary N) is 1. The second-order valence-corrected chi connectivity index (χ2v) is 6.36. The number of pyridine rings is 1. The highest BCUT2D eigenvalue weighted by Crippen LogP contribution is 2.39. The molecular formula is C17H20N4O. The third-order valence-corrected chi connectivity index (χ3v) is 5.11. The molecule has 0 radical (unpaired) electrons. The average Bonchev–Trinajstić information content (AvgIpc) is 2.96. The van der Waals surface area contributed by atoms with E-state index in [-0.39, 0.29) is 5.91 Å². The molecule has 1 aliphatic heterocycles. The summed E-state index contributed by atoms with van der Waals surface area (Å²) in [5.41, 5.74) is 1.86. The molecule has 0 aromatic carbocycles. The molecule has 0 spiro atoms. The van der Waals surface area contributed by atoms with Crippen LogP contribution in [0, 0.1) is 11.8 Å². The van der Waals surface area contributed by atoms with Crippen molar-refractivity contribution in [1.29, 1.82) is 0 Å². The van der Waals surface area contributed by atoms with Gasteiger partial charge < -0.3 is 0 Å². The molecule has 1 saturated carbocycles. The average molecular weight is 296 g/mol. The van der Waals surface area contributed by atoms with Gasteiger partial charge in [-0.3, -0.25) is 19.8 Å². The van der Waals surface area contributed by atoms with Gasteiger partial charge in [-0.1, -0.05) is 19.3 Å². The zero-order chi connectivity index (χ0) is 14.9. The molecule has 4 rings (SSSR count). The Labute approximate surface area is 129 Å². The van der Waals surface area contributed by atoms with Crippen molar-refractivity contribution >= 4 is 11.7 Å². The zero-order valence-electron chi connectivity index (χ0n) is 12.5. The summed E-state index contributed by atoms with van der Waals surface area (Å²) >= 11 is 0. The Morgan fingerprint density at radius 3 is 2.64 bits per heavy atom. The first-order valence-corrected chi connectivity index (χ1v) is 8.07. The second kappa shape index (κ2) is 5.55. The summed E-state index contributed by atoms with van der Waals surface area (Å²) in [7, 11) is 0. The minimum absolute atomic E-state index is 0.230. The van der Waals surface area contributed by atoms with Crippen LogP contribution in [0.3, 0.4) is 0 Å². The standard InChI is InChI=1S/C17H20N4O/c22-17-10-14(12-2-1-3-12)6-9-21(17)16-11-15(19-20-16)13-4-7-18-8-5-13/h4-5,7-8,11-12,14H,1-3,6,9-10H2,(H,19,20). The molecule has 1 saturated heterocycles. The Hall–Kier alpha value is -2.17. The van der Waals surface area contributed by atoms with Gasteiger partial charge in [-0.05, 0) is 30.4 Å². The first-order chi connectivity index (χ1) is 10.8. The maximum atomic E-state index is 12.5. The fraction of sp³-hybridized carbons (Fsp3) is 0.471. The third-order valence-electron chi connectivity index (χ3n) is 5.11. The van der Waals surface area contributed by atoms with Gasteiger partial charge in [-0.25, -0.2) is 0 Å². The molecule has 1 amide bonds. The number of nitrogens with zero attached hydrogens (tertiary/aromatic N) is 3. The summed E-state index contributed by atoms with van der Waals surface area (Å²) in [6, 6.07) is 5.80. The Morgan fingerprint density at radius 2 is 1.95 bits per heavy atom. The van der Waals surface area contributed by atoms with Gasteiger partial charge in [0.15, 0.2) is 0 Å². The molecule has 0 bridgehead atoms. The highest BCUT2D eigenvalue weighted by atomic mass is 16.2. The minimum atomic E-state index is 0.230. The number of amides is 1. The van der Waals surface area contributed by atoms with Crippen molar-refractivity contribution in [3.8, 4) is 11.3 Å². The van der Waals surface area contributed by atoms with Gasteiger partial charge in [-0.15, -0.1) is 0 Å². The number of hydrogen-bond donors (Lipinski definition) is 1. The van der Waals surface area contributed by atoms with Crippen LogP contribution in [0.2, 0.25) is 0 Å². The van der Waals surface area contributed by atoms with E-state index in [4.69, 9.17) is 0 Å². The van der Waals surface area contributed by atoms with Crippen LogP contribution in [0.1, 0.15) is 32.1 Å². The van der Waals surface area contributed by atoms with E-state index in [2.05, 4.69) is 15.2 Å². The predicted molar refractivity (Wildman–Crippen MR) is 84.2 cm³/mol. The Morgan fingerprint density at radius 1 is 1.14 bits per heavy atom. The largest absolute Gasteiger partial charge is 0.297 e. The van der Waals surface area contributed by atoms with Crippen LogP contribution in [0.4, 0.5) is 5.82 Å². The molecule has 3 heterocycles. The molecule has 1 N–H and O–H groups in total. The first-order valence-electron chi connectivity index (χ1n) is 8.07. The van der Waals surface area contributed by atoms with Gasteiger partial charge in [0.1, 0.15) is 5.82 Å². The molecule has 5 nitrogen and oxygen atoms in total. The van der Waals surface area contributed by atoms with Crippen LogP contribution >= 0.6 is 0 Å². The van der Waals surface area contributed by atoms with E-state index in [1.54, 1.807) is 12.4 Å². The highest BCUT2D eigenvalue weighted by Gasteiger charge is 2.34. The lowest BCUT2D eigenvalue weighted by atomic mass is 9.72. The van der Waals surface area contributed by atoms with Crippen LogP contribution in [-0.2, 0) is 4.79 Å². The fourth-order valence-electron chi connectivity index (χ4n) is 3.54. The van der Waals surface area contributed by atoms with Crippen molar-refractivity contribution in [2.24, 2.45) is 11.8 Å². The van der Waals surface area contributed by atoms with Gasteiger partial charge in [0.2, 0.25) is 5.91 Å². The van der Waals surface area contributed by atoms with Crippen molar-refractivity contribution in [3.05, 3.63) is 30.6 Å². The second-order valence-electron chi connectivity index (χ2n) is 6.36. The maximum Gasteiger partial charge on any atom is 0.228 e. The van der Waals surface area contributed by atoms with E-state index < -0.39 is 0 Å². The summed E-state index contributed by atoms with van der Waals surface area (Å²) in [4.78, 5) is 18.3. The van der Waals surface area contributed by atoms with Gasteiger partial charge >= 0.3 is 0 Å². The molecule has 2 aromatic rings. The van der Waals surface area contributed by atoms with E-state index >= 15 is 0 Å². The molecule has 22 heavy (non-hydrogen) atoms. The lowest BCUT2D eigenvalue weighted by Gasteiger charge is -2.38. The van der Waals surface area contributed by atoms with Gasteiger partial charge in [0, 0.05) is 37.0 Å². The summed E-state index contributed by atoms with van der Waals surface area (Å²) < 4.78 is 0. The normalized spacial score (nSPS) is 22.6. The van der Waals surface area contributed by atoms with Crippen molar-refractivity contribution in [2.45, 2.75) is 32.1 Å². The Bertz CT molecular complexity index is 662. The van der Waals surface area contributed by atoms with Crippen molar-refractivity contribution in [1.82, 2.24) is 15.2 Å². The summed E-state index contributed by atoms with van der Waals surface area (Å²) in [5.74, 6) is 2.43. The van der Waals surface area contributed by atoms with Crippen LogP contribution in [-0.4, -0.2) is 27.6 Å². The lowest BCUT2D eigenvalue weighted by Crippen LogP contribution is -2.42. The number of hydrogen-bond acceptors (Lipinski definition) is 3. The number of piperidine rings is 1. The number of carbonyl (C=O) groups is 1. The number of anilines is 1. The van der Waals surface area contributed by atoms with Crippen LogP contribution in [0.15, 0.2) is 30.6 Å². The van der Waals surface area contributed by atoms with E-state index in [0.717, 1.165) is 36.0 Å².